The number of hydrogen-bond acceptors (Lipinski definition) is 1. The number of alkyl halides is 2. The van der Waals surface area contributed by atoms with Crippen molar-refractivity contribution < 1.29 is 9.90 Å². The van der Waals surface area contributed by atoms with Crippen LogP contribution in [0.4, 0.5) is 0 Å². The van der Waals surface area contributed by atoms with Crippen molar-refractivity contribution in [3.8, 4) is 0 Å². The van der Waals surface area contributed by atoms with Crippen molar-refractivity contribution >= 4 is 37.8 Å². The van der Waals surface area contributed by atoms with Crippen LogP contribution in [0.1, 0.15) is 6.92 Å². The van der Waals surface area contributed by atoms with E-state index < -0.39 is 5.97 Å². The molecule has 0 spiro atoms. The molecule has 0 radical (unpaired) electrons. The summed E-state index contributed by atoms with van der Waals surface area (Å²) in [7, 11) is 0. The van der Waals surface area contributed by atoms with Crippen molar-refractivity contribution in [3.05, 3.63) is 0 Å². The van der Waals surface area contributed by atoms with Gasteiger partial charge in [0.2, 0.25) is 0 Å². The first-order valence-electron chi connectivity index (χ1n) is 2.02. The molecule has 0 unspecified atom stereocenters. The smallest absolute Gasteiger partial charge is 0.314 e. The average Bonchev–Trinajstić information content (AvgIpc) is 1.69. The predicted molar refractivity (Wildman–Crippen MR) is 40.9 cm³/mol. The van der Waals surface area contributed by atoms with E-state index in [4.69, 9.17) is 5.11 Å². The Morgan fingerprint density at radius 3 is 1.75 bits per heavy atom. The fraction of sp³-hybridized carbons (Fsp3) is 0.750. The maximum absolute atomic E-state index is 9.32. The number of carbonyl (C=O) groups is 1. The highest BCUT2D eigenvalue weighted by molar-refractivity contribution is 9.09. The van der Waals surface area contributed by atoms with Gasteiger partial charge in [-0.1, -0.05) is 38.8 Å². The molecule has 0 aromatic carbocycles. The van der Waals surface area contributed by atoms with Crippen LogP contribution in [-0.2, 0) is 4.79 Å². The number of hydrogen-bond donors (Lipinski definition) is 1. The lowest BCUT2D eigenvalue weighted by molar-refractivity contribution is -0.133. The van der Waals surface area contributed by atoms with Gasteiger partial charge in [0.1, 0.15) is 5.33 Å². The van der Waals surface area contributed by atoms with E-state index in [1.807, 2.05) is 6.92 Å². The van der Waals surface area contributed by atoms with Crippen LogP contribution < -0.4 is 0 Å². The Morgan fingerprint density at radius 1 is 1.62 bits per heavy atom. The molecular formula is C4H8Br2O2. The standard InChI is InChI=1S/C2H3BrO2.C2H5Br/c3-1-2(4)5;1-2-3/h1H2,(H,4,5);2H2,1H3. The zero-order chi connectivity index (χ0) is 6.99. The van der Waals surface area contributed by atoms with Crippen LogP contribution in [0.25, 0.3) is 0 Å². The third kappa shape index (κ3) is 32.1. The lowest BCUT2D eigenvalue weighted by atomic mass is 10.8. The lowest BCUT2D eigenvalue weighted by Crippen LogP contribution is -1.92. The summed E-state index contributed by atoms with van der Waals surface area (Å²) in [5.41, 5.74) is 0. The third-order valence-electron chi connectivity index (χ3n) is 0.114. The molecule has 0 aliphatic heterocycles. The Morgan fingerprint density at radius 2 is 1.75 bits per heavy atom. The van der Waals surface area contributed by atoms with E-state index in [1.54, 1.807) is 0 Å². The van der Waals surface area contributed by atoms with E-state index in [0.717, 1.165) is 5.33 Å². The van der Waals surface area contributed by atoms with E-state index in [2.05, 4.69) is 31.9 Å². The zero-order valence-electron chi connectivity index (χ0n) is 4.53. The maximum Gasteiger partial charge on any atom is 0.314 e. The molecule has 0 amide bonds. The van der Waals surface area contributed by atoms with Gasteiger partial charge in [0.25, 0.3) is 0 Å². The fourth-order valence-electron chi connectivity index (χ4n) is 0. The molecule has 0 atom stereocenters. The molecule has 1 N–H and O–H groups in total. The summed E-state index contributed by atoms with van der Waals surface area (Å²) in [6.07, 6.45) is 0. The van der Waals surface area contributed by atoms with Gasteiger partial charge in [0, 0.05) is 5.33 Å². The summed E-state index contributed by atoms with van der Waals surface area (Å²) in [5.74, 6) is -0.829. The van der Waals surface area contributed by atoms with Crippen molar-refractivity contribution in [2.24, 2.45) is 0 Å². The van der Waals surface area contributed by atoms with Crippen LogP contribution in [0.5, 0.6) is 0 Å². The molecule has 0 fully saturated rings. The topological polar surface area (TPSA) is 37.3 Å². The van der Waals surface area contributed by atoms with Crippen LogP contribution >= 0.6 is 31.9 Å². The van der Waals surface area contributed by atoms with Gasteiger partial charge in [-0.15, -0.1) is 0 Å². The first kappa shape index (κ1) is 11.3. The largest absolute Gasteiger partial charge is 0.481 e. The summed E-state index contributed by atoms with van der Waals surface area (Å²) in [5, 5.41) is 8.77. The van der Waals surface area contributed by atoms with Crippen molar-refractivity contribution in [2.45, 2.75) is 6.92 Å². The minimum Gasteiger partial charge on any atom is -0.481 e. The number of aliphatic carboxylic acids is 1. The van der Waals surface area contributed by atoms with Gasteiger partial charge in [0.15, 0.2) is 0 Å². The molecule has 0 saturated carbocycles. The highest BCUT2D eigenvalue weighted by atomic mass is 79.9. The van der Waals surface area contributed by atoms with Gasteiger partial charge in [-0.2, -0.15) is 0 Å². The molecule has 0 aliphatic rings. The molecule has 4 heteroatoms. The fourth-order valence-corrected chi connectivity index (χ4v) is 0. The number of halogens is 2. The van der Waals surface area contributed by atoms with Crippen LogP contribution in [-0.4, -0.2) is 21.7 Å². The van der Waals surface area contributed by atoms with Crippen molar-refractivity contribution in [3.63, 3.8) is 0 Å². The second-order valence-electron chi connectivity index (χ2n) is 0.795. The number of carboxylic acids is 1. The maximum atomic E-state index is 9.32. The minimum absolute atomic E-state index is 0.0347. The Labute approximate surface area is 65.5 Å². The van der Waals surface area contributed by atoms with Crippen molar-refractivity contribution in [1.29, 1.82) is 0 Å². The zero-order valence-corrected chi connectivity index (χ0v) is 7.70. The highest BCUT2D eigenvalue weighted by Gasteiger charge is 1.83. The Bertz CT molecular complexity index is 56.0. The van der Waals surface area contributed by atoms with Crippen molar-refractivity contribution in [1.82, 2.24) is 0 Å². The van der Waals surface area contributed by atoms with E-state index in [9.17, 15) is 4.79 Å². The Kier molecular flexibility index (Phi) is 14.7. The predicted octanol–water partition coefficient (Wildman–Crippen LogP) is 1.87. The molecule has 2 nitrogen and oxygen atoms in total. The molecule has 0 saturated heterocycles. The summed E-state index contributed by atoms with van der Waals surface area (Å²) >= 11 is 5.86. The number of rotatable bonds is 1. The quantitative estimate of drug-likeness (QED) is 0.719. The first-order chi connectivity index (χ1) is 3.68. The molecule has 0 bridgehead atoms. The van der Waals surface area contributed by atoms with E-state index in [1.165, 1.54) is 0 Å². The van der Waals surface area contributed by atoms with Gasteiger partial charge < -0.3 is 5.11 Å². The normalized spacial score (nSPS) is 6.88. The van der Waals surface area contributed by atoms with Gasteiger partial charge in [-0.3, -0.25) is 4.79 Å². The molecular weight excluding hydrogens is 240 g/mol. The van der Waals surface area contributed by atoms with Crippen molar-refractivity contribution in [2.75, 3.05) is 10.7 Å². The molecule has 0 heterocycles. The third-order valence-corrected chi connectivity index (χ3v) is 0.594. The van der Waals surface area contributed by atoms with Crippen LogP contribution in [0.15, 0.2) is 0 Å². The van der Waals surface area contributed by atoms with Gasteiger partial charge in [-0.25, -0.2) is 0 Å². The van der Waals surface area contributed by atoms with Gasteiger partial charge >= 0.3 is 5.97 Å². The average molecular weight is 248 g/mol. The molecule has 0 aromatic rings. The van der Waals surface area contributed by atoms with Gasteiger partial charge in [-0.05, 0) is 0 Å². The van der Waals surface area contributed by atoms with Crippen LogP contribution in [0.3, 0.4) is 0 Å². The van der Waals surface area contributed by atoms with Gasteiger partial charge in [0.05, 0.1) is 0 Å². The number of carboxylic acid groups (broad SMARTS) is 1. The molecule has 50 valence electrons. The SMILES string of the molecule is CCBr.O=C(O)CBr. The highest BCUT2D eigenvalue weighted by Crippen LogP contribution is 1.73. The Hall–Kier alpha value is 0.430. The summed E-state index contributed by atoms with van der Waals surface area (Å²) in [6.45, 7) is 2.04. The second kappa shape index (κ2) is 10.4. The summed E-state index contributed by atoms with van der Waals surface area (Å²) in [4.78, 5) is 9.32. The molecule has 0 aliphatic carbocycles. The van der Waals surface area contributed by atoms with Crippen LogP contribution in [0, 0.1) is 0 Å². The molecule has 0 aromatic heterocycles. The second-order valence-corrected chi connectivity index (χ2v) is 2.48. The Balaban J connectivity index is 0. The van der Waals surface area contributed by atoms with Crippen LogP contribution in [0.2, 0.25) is 0 Å². The summed E-state index contributed by atoms with van der Waals surface area (Å²) < 4.78 is 0. The minimum atomic E-state index is -0.829. The van der Waals surface area contributed by atoms with E-state index >= 15 is 0 Å². The summed E-state index contributed by atoms with van der Waals surface area (Å²) in [6, 6.07) is 0. The van der Waals surface area contributed by atoms with E-state index in [0.29, 0.717) is 0 Å². The van der Waals surface area contributed by atoms with E-state index in [-0.39, 0.29) is 5.33 Å². The lowest BCUT2D eigenvalue weighted by Gasteiger charge is -1.70. The monoisotopic (exact) mass is 246 g/mol. The first-order valence-corrected chi connectivity index (χ1v) is 4.27. The molecule has 0 rings (SSSR count). The molecule has 8 heavy (non-hydrogen) atoms.